The third kappa shape index (κ3) is 2.71. The van der Waals surface area contributed by atoms with Gasteiger partial charge < -0.3 is 4.74 Å². The summed E-state index contributed by atoms with van der Waals surface area (Å²) in [6.45, 7) is 1.73. The number of hydrogen-bond acceptors (Lipinski definition) is 5. The number of nitro groups is 1. The summed E-state index contributed by atoms with van der Waals surface area (Å²) in [6, 6.07) is 10.5. The molecule has 1 heterocycles. The van der Waals surface area contributed by atoms with Gasteiger partial charge in [0.15, 0.2) is 5.75 Å². The maximum atomic E-state index is 12.9. The Kier molecular flexibility index (Phi) is 4.18. The van der Waals surface area contributed by atoms with Gasteiger partial charge in [-0.05, 0) is 24.6 Å². The molecular weight excluding hydrogens is 398 g/mol. The van der Waals surface area contributed by atoms with Crippen LogP contribution in [0.1, 0.15) is 18.9 Å². The smallest absolute Gasteiger partial charge is 0.273 e. The van der Waals surface area contributed by atoms with Crippen LogP contribution in [0.3, 0.4) is 0 Å². The van der Waals surface area contributed by atoms with Crippen LogP contribution in [0.15, 0.2) is 56.7 Å². The highest BCUT2D eigenvalue weighted by Crippen LogP contribution is 2.42. The first-order valence-electron chi connectivity index (χ1n) is 7.05. The van der Waals surface area contributed by atoms with E-state index in [0.29, 0.717) is 5.56 Å². The van der Waals surface area contributed by atoms with Crippen LogP contribution in [0, 0.1) is 10.1 Å². The molecule has 3 rings (SSSR count). The van der Waals surface area contributed by atoms with E-state index >= 15 is 0 Å². The fourth-order valence-corrected chi connectivity index (χ4v) is 4.43. The molecule has 0 aromatic heterocycles. The molecule has 0 amide bonds. The monoisotopic (exact) mass is 409 g/mol. The molecular formula is C16H12BrNO5S. The van der Waals surface area contributed by atoms with Gasteiger partial charge in [0.25, 0.3) is 5.69 Å². The van der Waals surface area contributed by atoms with Gasteiger partial charge in [0.05, 0.1) is 15.9 Å². The second-order valence-electron chi connectivity index (χ2n) is 5.11. The third-order valence-corrected chi connectivity index (χ3v) is 6.21. The summed E-state index contributed by atoms with van der Waals surface area (Å²) >= 11 is 3.33. The van der Waals surface area contributed by atoms with E-state index in [9.17, 15) is 18.5 Å². The fourth-order valence-electron chi connectivity index (χ4n) is 2.51. The largest absolute Gasteiger partial charge is 0.454 e. The number of rotatable bonds is 3. The number of sulfone groups is 1. The topological polar surface area (TPSA) is 86.5 Å². The lowest BCUT2D eigenvalue weighted by molar-refractivity contribution is -0.385. The number of halogens is 1. The predicted molar refractivity (Wildman–Crippen MR) is 92.3 cm³/mol. The molecule has 0 aliphatic carbocycles. The average Bonchev–Trinajstić information content (AvgIpc) is 2.54. The van der Waals surface area contributed by atoms with Crippen LogP contribution in [-0.4, -0.2) is 13.3 Å². The van der Waals surface area contributed by atoms with Gasteiger partial charge in [-0.3, -0.25) is 10.1 Å². The molecule has 0 radical (unpaired) electrons. The number of benzene rings is 2. The Morgan fingerprint density at radius 3 is 2.42 bits per heavy atom. The minimum absolute atomic E-state index is 0.0284. The summed E-state index contributed by atoms with van der Waals surface area (Å²) in [6.07, 6.45) is 0.254. The first-order valence-corrected chi connectivity index (χ1v) is 9.32. The Balaban J connectivity index is 2.23. The molecule has 8 heteroatoms. The zero-order valence-electron chi connectivity index (χ0n) is 12.5. The van der Waals surface area contributed by atoms with Crippen LogP contribution >= 0.6 is 15.9 Å². The van der Waals surface area contributed by atoms with E-state index in [4.69, 9.17) is 4.74 Å². The van der Waals surface area contributed by atoms with Crippen molar-refractivity contribution in [3.8, 4) is 5.75 Å². The molecule has 0 spiro atoms. The van der Waals surface area contributed by atoms with E-state index in [-0.39, 0.29) is 33.4 Å². The molecule has 24 heavy (non-hydrogen) atoms. The van der Waals surface area contributed by atoms with Gasteiger partial charge in [0.2, 0.25) is 9.84 Å². The molecule has 1 aliphatic heterocycles. The summed E-state index contributed by atoms with van der Waals surface area (Å²) < 4.78 is 32.3. The molecule has 0 saturated carbocycles. The Morgan fingerprint density at radius 1 is 1.17 bits per heavy atom. The zero-order chi connectivity index (χ0) is 17.5. The van der Waals surface area contributed by atoms with Gasteiger partial charge in [0, 0.05) is 16.1 Å². The summed E-state index contributed by atoms with van der Waals surface area (Å²) in [5.74, 6) is 0.178. The van der Waals surface area contributed by atoms with Crippen molar-refractivity contribution in [3.63, 3.8) is 0 Å². The number of fused-ring (bicyclic) bond motifs is 1. The van der Waals surface area contributed by atoms with Crippen molar-refractivity contribution in [2.45, 2.75) is 18.2 Å². The Labute approximate surface area is 147 Å². The molecule has 0 fully saturated rings. The van der Waals surface area contributed by atoms with E-state index in [2.05, 4.69) is 15.9 Å². The lowest BCUT2D eigenvalue weighted by atomic mass is 10.1. The Bertz CT molecular complexity index is 964. The van der Waals surface area contributed by atoms with Gasteiger partial charge in [-0.15, -0.1) is 0 Å². The molecule has 0 unspecified atom stereocenters. The van der Waals surface area contributed by atoms with Crippen molar-refractivity contribution in [3.05, 3.63) is 67.5 Å². The lowest BCUT2D eigenvalue weighted by Gasteiger charge is -2.23. The number of nitro benzene ring substituents is 1. The van der Waals surface area contributed by atoms with Crippen molar-refractivity contribution in [1.29, 1.82) is 0 Å². The number of nitrogens with zero attached hydrogens (tertiary/aromatic N) is 1. The van der Waals surface area contributed by atoms with Crippen molar-refractivity contribution in [2.75, 3.05) is 0 Å². The van der Waals surface area contributed by atoms with Crippen LogP contribution in [0.4, 0.5) is 5.69 Å². The highest BCUT2D eigenvalue weighted by Gasteiger charge is 2.34. The zero-order valence-corrected chi connectivity index (χ0v) is 14.9. The SMILES string of the molecule is CCC1=C(c2ccc(Br)cc2)Oc2cc([N+](=O)[O-])ccc2S1(=O)=O. The van der Waals surface area contributed by atoms with Gasteiger partial charge in [-0.1, -0.05) is 35.0 Å². The first kappa shape index (κ1) is 16.7. The quantitative estimate of drug-likeness (QED) is 0.556. The average molecular weight is 410 g/mol. The predicted octanol–water partition coefficient (Wildman–Crippen LogP) is 4.30. The summed E-state index contributed by atoms with van der Waals surface area (Å²) in [4.78, 5) is 10.5. The molecule has 2 aromatic carbocycles. The van der Waals surface area contributed by atoms with Crippen LogP contribution in [0.2, 0.25) is 0 Å². The van der Waals surface area contributed by atoms with Gasteiger partial charge >= 0.3 is 0 Å². The fraction of sp³-hybridized carbons (Fsp3) is 0.125. The number of allylic oxidation sites excluding steroid dienone is 1. The standard InChI is InChI=1S/C16H12BrNO5S/c1-2-14-16(10-3-5-11(17)6-4-10)23-13-9-12(18(19)20)7-8-15(13)24(14,21)22/h3-9H,2H2,1H3. The summed E-state index contributed by atoms with van der Waals surface area (Å²) in [5, 5.41) is 10.9. The van der Waals surface area contributed by atoms with Gasteiger partial charge in [0.1, 0.15) is 10.7 Å². The molecule has 6 nitrogen and oxygen atoms in total. The molecule has 0 atom stereocenters. The molecule has 2 aromatic rings. The normalized spacial score (nSPS) is 15.6. The Morgan fingerprint density at radius 2 is 1.83 bits per heavy atom. The molecule has 1 aliphatic rings. The van der Waals surface area contributed by atoms with Crippen LogP contribution in [0.5, 0.6) is 5.75 Å². The van der Waals surface area contributed by atoms with E-state index in [0.717, 1.165) is 16.6 Å². The maximum Gasteiger partial charge on any atom is 0.273 e. The number of hydrogen-bond donors (Lipinski definition) is 0. The Hall–Kier alpha value is -2.19. The van der Waals surface area contributed by atoms with Gasteiger partial charge in [-0.2, -0.15) is 0 Å². The maximum absolute atomic E-state index is 12.9. The molecule has 0 saturated heterocycles. The van der Waals surface area contributed by atoms with E-state index in [1.54, 1.807) is 31.2 Å². The van der Waals surface area contributed by atoms with Gasteiger partial charge in [-0.25, -0.2) is 8.42 Å². The van der Waals surface area contributed by atoms with Crippen LogP contribution < -0.4 is 4.74 Å². The third-order valence-electron chi connectivity index (χ3n) is 3.64. The number of non-ortho nitro benzene ring substituents is 1. The summed E-state index contributed by atoms with van der Waals surface area (Å²) in [7, 11) is -3.76. The molecule has 0 bridgehead atoms. The van der Waals surface area contributed by atoms with Crippen molar-refractivity contribution >= 4 is 37.2 Å². The highest BCUT2D eigenvalue weighted by molar-refractivity contribution is 9.10. The van der Waals surface area contributed by atoms with E-state index < -0.39 is 14.8 Å². The van der Waals surface area contributed by atoms with Crippen LogP contribution in [-0.2, 0) is 9.84 Å². The highest BCUT2D eigenvalue weighted by atomic mass is 79.9. The van der Waals surface area contributed by atoms with Crippen molar-refractivity contribution < 1.29 is 18.1 Å². The molecule has 124 valence electrons. The number of ether oxygens (including phenoxy) is 1. The van der Waals surface area contributed by atoms with Crippen LogP contribution in [0.25, 0.3) is 5.76 Å². The summed E-state index contributed by atoms with van der Waals surface area (Å²) in [5.41, 5.74) is 0.370. The van der Waals surface area contributed by atoms with Crippen molar-refractivity contribution in [1.82, 2.24) is 0 Å². The minimum atomic E-state index is -3.76. The van der Waals surface area contributed by atoms with E-state index in [1.807, 2.05) is 0 Å². The second-order valence-corrected chi connectivity index (χ2v) is 7.96. The van der Waals surface area contributed by atoms with E-state index in [1.165, 1.54) is 6.07 Å². The van der Waals surface area contributed by atoms with Crippen molar-refractivity contribution in [2.24, 2.45) is 0 Å². The minimum Gasteiger partial charge on any atom is -0.454 e. The lowest BCUT2D eigenvalue weighted by Crippen LogP contribution is -2.16. The second kappa shape index (κ2) is 6.03. The molecule has 0 N–H and O–H groups in total. The first-order chi connectivity index (χ1) is 11.3.